The Morgan fingerprint density at radius 3 is 2.67 bits per heavy atom. The van der Waals surface area contributed by atoms with Gasteiger partial charge in [0, 0.05) is 4.88 Å². The van der Waals surface area contributed by atoms with Crippen LogP contribution in [0, 0.1) is 11.3 Å². The average molecular weight is 298 g/mol. The van der Waals surface area contributed by atoms with Gasteiger partial charge in [-0.05, 0) is 35.6 Å². The summed E-state index contributed by atoms with van der Waals surface area (Å²) in [5, 5.41) is 13.9. The number of carbonyl (C=O) groups excluding carboxylic acids is 1. The molecule has 1 aromatic heterocycles. The number of nitrogens with zero attached hydrogens (tertiary/aromatic N) is 1. The largest absolute Gasteiger partial charge is 0.348 e. The SMILES string of the molecule is CCCC(NC(=O)Cc1ccc(C#N)cc1)c1cccs1. The van der Waals surface area contributed by atoms with Gasteiger partial charge < -0.3 is 5.32 Å². The van der Waals surface area contributed by atoms with E-state index in [-0.39, 0.29) is 11.9 Å². The zero-order valence-electron chi connectivity index (χ0n) is 12.0. The fourth-order valence-corrected chi connectivity index (χ4v) is 3.00. The molecule has 1 N–H and O–H groups in total. The highest BCUT2D eigenvalue weighted by Crippen LogP contribution is 2.23. The monoisotopic (exact) mass is 298 g/mol. The summed E-state index contributed by atoms with van der Waals surface area (Å²) in [6, 6.07) is 13.4. The summed E-state index contributed by atoms with van der Waals surface area (Å²) >= 11 is 1.67. The van der Waals surface area contributed by atoms with Crippen LogP contribution < -0.4 is 5.32 Å². The third-order valence-corrected chi connectivity index (χ3v) is 4.23. The minimum Gasteiger partial charge on any atom is -0.348 e. The lowest BCUT2D eigenvalue weighted by atomic mass is 10.1. The van der Waals surface area contributed by atoms with Gasteiger partial charge >= 0.3 is 0 Å². The molecular weight excluding hydrogens is 280 g/mol. The summed E-state index contributed by atoms with van der Waals surface area (Å²) < 4.78 is 0. The second-order valence-electron chi connectivity index (χ2n) is 4.91. The molecule has 1 amide bonds. The molecule has 0 saturated carbocycles. The second-order valence-corrected chi connectivity index (χ2v) is 5.89. The highest BCUT2D eigenvalue weighted by molar-refractivity contribution is 7.10. The van der Waals surface area contributed by atoms with Crippen molar-refractivity contribution in [3.05, 3.63) is 57.8 Å². The summed E-state index contributed by atoms with van der Waals surface area (Å²) in [5.74, 6) is 0.0200. The average Bonchev–Trinajstić information content (AvgIpc) is 3.02. The number of nitriles is 1. The zero-order valence-corrected chi connectivity index (χ0v) is 12.8. The van der Waals surface area contributed by atoms with Crippen LogP contribution in [-0.4, -0.2) is 5.91 Å². The van der Waals surface area contributed by atoms with Gasteiger partial charge in [0.1, 0.15) is 0 Å². The van der Waals surface area contributed by atoms with E-state index in [0.717, 1.165) is 18.4 Å². The zero-order chi connectivity index (χ0) is 15.1. The van der Waals surface area contributed by atoms with E-state index in [1.54, 1.807) is 23.5 Å². The van der Waals surface area contributed by atoms with Gasteiger partial charge in [-0.2, -0.15) is 5.26 Å². The van der Waals surface area contributed by atoms with E-state index in [1.165, 1.54) is 4.88 Å². The molecule has 3 nitrogen and oxygen atoms in total. The van der Waals surface area contributed by atoms with Crippen molar-refractivity contribution in [1.29, 1.82) is 5.26 Å². The second kappa shape index (κ2) is 7.61. The number of rotatable bonds is 6. The van der Waals surface area contributed by atoms with Gasteiger partial charge in [0.05, 0.1) is 24.1 Å². The number of benzene rings is 1. The number of carbonyl (C=O) groups is 1. The van der Waals surface area contributed by atoms with Gasteiger partial charge in [0.15, 0.2) is 0 Å². The van der Waals surface area contributed by atoms with E-state index >= 15 is 0 Å². The Balaban J connectivity index is 1.97. The van der Waals surface area contributed by atoms with Crippen molar-refractivity contribution in [1.82, 2.24) is 5.32 Å². The number of hydrogen-bond acceptors (Lipinski definition) is 3. The Bertz CT molecular complexity index is 611. The molecule has 21 heavy (non-hydrogen) atoms. The minimum absolute atomic E-state index is 0.0200. The smallest absolute Gasteiger partial charge is 0.224 e. The van der Waals surface area contributed by atoms with Gasteiger partial charge in [-0.3, -0.25) is 4.79 Å². The molecule has 0 aliphatic rings. The lowest BCUT2D eigenvalue weighted by molar-refractivity contribution is -0.121. The van der Waals surface area contributed by atoms with E-state index in [4.69, 9.17) is 5.26 Å². The molecule has 0 radical (unpaired) electrons. The fraction of sp³-hybridized carbons (Fsp3) is 0.294. The first-order chi connectivity index (χ1) is 10.2. The Morgan fingerprint density at radius 2 is 2.10 bits per heavy atom. The first-order valence-electron chi connectivity index (χ1n) is 7.04. The van der Waals surface area contributed by atoms with Crippen molar-refractivity contribution in [2.24, 2.45) is 0 Å². The van der Waals surface area contributed by atoms with Crippen molar-refractivity contribution in [2.45, 2.75) is 32.2 Å². The van der Waals surface area contributed by atoms with Gasteiger partial charge in [0.2, 0.25) is 5.91 Å². The van der Waals surface area contributed by atoms with Crippen LogP contribution >= 0.6 is 11.3 Å². The topological polar surface area (TPSA) is 52.9 Å². The molecule has 0 aliphatic heterocycles. The van der Waals surface area contributed by atoms with Crippen molar-refractivity contribution in [3.63, 3.8) is 0 Å². The number of nitrogens with one attached hydrogen (secondary N) is 1. The maximum atomic E-state index is 12.2. The maximum Gasteiger partial charge on any atom is 0.224 e. The predicted molar refractivity (Wildman–Crippen MR) is 85.0 cm³/mol. The highest BCUT2D eigenvalue weighted by Gasteiger charge is 2.14. The molecule has 108 valence electrons. The summed E-state index contributed by atoms with van der Waals surface area (Å²) in [6.07, 6.45) is 2.32. The van der Waals surface area contributed by atoms with Crippen LogP contribution in [0.3, 0.4) is 0 Å². The molecule has 1 unspecified atom stereocenters. The van der Waals surface area contributed by atoms with Crippen LogP contribution in [0.2, 0.25) is 0 Å². The van der Waals surface area contributed by atoms with E-state index in [0.29, 0.717) is 12.0 Å². The van der Waals surface area contributed by atoms with Crippen LogP contribution in [0.4, 0.5) is 0 Å². The quantitative estimate of drug-likeness (QED) is 0.881. The van der Waals surface area contributed by atoms with Crippen LogP contribution in [0.25, 0.3) is 0 Å². The number of amides is 1. The van der Waals surface area contributed by atoms with Crippen molar-refractivity contribution < 1.29 is 4.79 Å². The molecule has 0 spiro atoms. The van der Waals surface area contributed by atoms with Gasteiger partial charge in [0.25, 0.3) is 0 Å². The van der Waals surface area contributed by atoms with Gasteiger partial charge in [-0.15, -0.1) is 11.3 Å². The summed E-state index contributed by atoms with van der Waals surface area (Å²) in [5.41, 5.74) is 1.54. The normalized spacial score (nSPS) is 11.6. The van der Waals surface area contributed by atoms with E-state index < -0.39 is 0 Å². The predicted octanol–water partition coefficient (Wildman–Crippen LogP) is 3.82. The van der Waals surface area contributed by atoms with Crippen LogP contribution in [0.15, 0.2) is 41.8 Å². The first kappa shape index (κ1) is 15.3. The Hall–Kier alpha value is -2.12. The lowest BCUT2D eigenvalue weighted by Gasteiger charge is -2.16. The molecule has 0 aliphatic carbocycles. The van der Waals surface area contributed by atoms with E-state index in [2.05, 4.69) is 24.4 Å². The molecule has 0 fully saturated rings. The van der Waals surface area contributed by atoms with Gasteiger partial charge in [-0.1, -0.05) is 31.5 Å². The molecule has 2 aromatic rings. The molecule has 1 aromatic carbocycles. The molecule has 1 heterocycles. The Morgan fingerprint density at radius 1 is 1.33 bits per heavy atom. The van der Waals surface area contributed by atoms with Crippen LogP contribution in [0.1, 0.15) is 41.8 Å². The van der Waals surface area contributed by atoms with Crippen LogP contribution in [-0.2, 0) is 11.2 Å². The van der Waals surface area contributed by atoms with E-state index in [9.17, 15) is 4.79 Å². The first-order valence-corrected chi connectivity index (χ1v) is 7.92. The Labute approximate surface area is 129 Å². The Kier molecular flexibility index (Phi) is 5.53. The molecule has 0 saturated heterocycles. The third-order valence-electron chi connectivity index (χ3n) is 3.25. The summed E-state index contributed by atoms with van der Waals surface area (Å²) in [4.78, 5) is 13.4. The van der Waals surface area contributed by atoms with Crippen molar-refractivity contribution >= 4 is 17.2 Å². The maximum absolute atomic E-state index is 12.2. The van der Waals surface area contributed by atoms with E-state index in [1.807, 2.05) is 23.6 Å². The number of thiophene rings is 1. The minimum atomic E-state index is 0.0200. The number of hydrogen-bond donors (Lipinski definition) is 1. The molecular formula is C17H18N2OS. The molecule has 0 bridgehead atoms. The lowest BCUT2D eigenvalue weighted by Crippen LogP contribution is -2.29. The van der Waals surface area contributed by atoms with Crippen molar-refractivity contribution in [3.8, 4) is 6.07 Å². The summed E-state index contributed by atoms with van der Waals surface area (Å²) in [6.45, 7) is 2.12. The highest BCUT2D eigenvalue weighted by atomic mass is 32.1. The molecule has 4 heteroatoms. The standard InChI is InChI=1S/C17H18N2OS/c1-2-4-15(16-5-3-10-21-16)19-17(20)11-13-6-8-14(12-18)9-7-13/h3,5-10,15H,2,4,11H2,1H3,(H,19,20). The van der Waals surface area contributed by atoms with Gasteiger partial charge in [-0.25, -0.2) is 0 Å². The third kappa shape index (κ3) is 4.44. The fourth-order valence-electron chi connectivity index (χ4n) is 2.19. The molecule has 1 atom stereocenters. The summed E-state index contributed by atoms with van der Waals surface area (Å²) in [7, 11) is 0. The molecule has 2 rings (SSSR count). The van der Waals surface area contributed by atoms with Crippen LogP contribution in [0.5, 0.6) is 0 Å². The van der Waals surface area contributed by atoms with Crippen molar-refractivity contribution in [2.75, 3.05) is 0 Å².